The van der Waals surface area contributed by atoms with Gasteiger partial charge in [0.05, 0.1) is 16.4 Å². The Labute approximate surface area is 149 Å². The maximum Gasteiger partial charge on any atom is 0.246 e. The molecule has 0 atom stereocenters. The highest BCUT2D eigenvalue weighted by atomic mass is 35.5. The minimum absolute atomic E-state index is 0.0905. The number of rotatable bonds is 5. The highest BCUT2D eigenvalue weighted by Crippen LogP contribution is 2.32. The molecule has 0 aliphatic rings. The van der Waals surface area contributed by atoms with Gasteiger partial charge in [-0.25, -0.2) is 0 Å². The van der Waals surface area contributed by atoms with Crippen LogP contribution in [0.3, 0.4) is 0 Å². The number of halogens is 1. The maximum atomic E-state index is 12.6. The standard InChI is InChI=1S/C19H26ClN3O/c1-11(2)15-8-7-9-16(12(3)4)19(15)21-17(24)10-23-14(6)18(20)13(5)22-23/h7-9,11-12H,10H2,1-6H3,(H,21,24). The monoisotopic (exact) mass is 347 g/mol. The molecule has 1 amide bonds. The van der Waals surface area contributed by atoms with Gasteiger partial charge in [-0.3, -0.25) is 9.48 Å². The fraction of sp³-hybridized carbons (Fsp3) is 0.474. The van der Waals surface area contributed by atoms with E-state index in [1.165, 1.54) is 0 Å². The largest absolute Gasteiger partial charge is 0.324 e. The average Bonchev–Trinajstić information content (AvgIpc) is 2.74. The van der Waals surface area contributed by atoms with Crippen LogP contribution in [0.15, 0.2) is 18.2 Å². The molecule has 2 aromatic rings. The Bertz CT molecular complexity index is 721. The summed E-state index contributed by atoms with van der Waals surface area (Å²) in [6.45, 7) is 12.4. The fourth-order valence-corrected chi connectivity index (χ4v) is 2.97. The highest BCUT2D eigenvalue weighted by Gasteiger charge is 2.17. The number of carbonyl (C=O) groups is 1. The first kappa shape index (κ1) is 18.5. The molecule has 1 N–H and O–H groups in total. The van der Waals surface area contributed by atoms with Gasteiger partial charge in [-0.05, 0) is 36.8 Å². The van der Waals surface area contributed by atoms with Crippen LogP contribution in [0.1, 0.15) is 62.0 Å². The minimum Gasteiger partial charge on any atom is -0.324 e. The first-order valence-corrected chi connectivity index (χ1v) is 8.72. The van der Waals surface area contributed by atoms with E-state index in [1.54, 1.807) is 4.68 Å². The molecule has 24 heavy (non-hydrogen) atoms. The number of para-hydroxylation sites is 1. The third kappa shape index (κ3) is 3.81. The summed E-state index contributed by atoms with van der Waals surface area (Å²) < 4.78 is 1.65. The van der Waals surface area contributed by atoms with E-state index in [1.807, 2.05) is 13.8 Å². The summed E-state index contributed by atoms with van der Waals surface area (Å²) in [6.07, 6.45) is 0. The Morgan fingerprint density at radius 2 is 1.71 bits per heavy atom. The van der Waals surface area contributed by atoms with Crippen molar-refractivity contribution < 1.29 is 4.79 Å². The van der Waals surface area contributed by atoms with Crippen molar-refractivity contribution in [2.75, 3.05) is 5.32 Å². The van der Waals surface area contributed by atoms with E-state index in [0.29, 0.717) is 16.9 Å². The average molecular weight is 348 g/mol. The summed E-state index contributed by atoms with van der Waals surface area (Å²) in [5.74, 6) is 0.580. The van der Waals surface area contributed by atoms with E-state index in [9.17, 15) is 4.79 Å². The summed E-state index contributed by atoms with van der Waals surface area (Å²) in [6, 6.07) is 6.21. The Morgan fingerprint density at radius 3 is 2.12 bits per heavy atom. The van der Waals surface area contributed by atoms with E-state index >= 15 is 0 Å². The zero-order valence-corrected chi connectivity index (χ0v) is 16.0. The molecule has 0 saturated carbocycles. The lowest BCUT2D eigenvalue weighted by Crippen LogP contribution is -2.22. The summed E-state index contributed by atoms with van der Waals surface area (Å²) in [4.78, 5) is 12.6. The van der Waals surface area contributed by atoms with Crippen LogP contribution in [0.4, 0.5) is 5.69 Å². The van der Waals surface area contributed by atoms with Gasteiger partial charge in [0, 0.05) is 5.69 Å². The first-order valence-electron chi connectivity index (χ1n) is 8.34. The van der Waals surface area contributed by atoms with Crippen molar-refractivity contribution in [1.82, 2.24) is 9.78 Å². The second kappa shape index (κ2) is 7.39. The third-order valence-corrected chi connectivity index (χ3v) is 4.77. The Kier molecular flexibility index (Phi) is 5.70. The molecule has 0 radical (unpaired) electrons. The lowest BCUT2D eigenvalue weighted by Gasteiger charge is -2.20. The molecule has 0 aliphatic carbocycles. The quantitative estimate of drug-likeness (QED) is 0.823. The van der Waals surface area contributed by atoms with Crippen molar-refractivity contribution in [3.8, 4) is 0 Å². The molecule has 1 aromatic carbocycles. The molecular weight excluding hydrogens is 322 g/mol. The smallest absolute Gasteiger partial charge is 0.246 e. The molecule has 0 spiro atoms. The Hall–Kier alpha value is -1.81. The van der Waals surface area contributed by atoms with Crippen molar-refractivity contribution in [3.63, 3.8) is 0 Å². The number of hydrogen-bond acceptors (Lipinski definition) is 2. The molecule has 0 saturated heterocycles. The number of hydrogen-bond donors (Lipinski definition) is 1. The van der Waals surface area contributed by atoms with Crippen molar-refractivity contribution in [2.45, 2.75) is 59.9 Å². The van der Waals surface area contributed by atoms with Gasteiger partial charge in [0.1, 0.15) is 6.54 Å². The molecule has 2 rings (SSSR count). The van der Waals surface area contributed by atoms with Crippen LogP contribution < -0.4 is 5.32 Å². The van der Waals surface area contributed by atoms with Crippen LogP contribution in [-0.2, 0) is 11.3 Å². The molecule has 0 aliphatic heterocycles. The van der Waals surface area contributed by atoms with E-state index < -0.39 is 0 Å². The van der Waals surface area contributed by atoms with Gasteiger partial charge >= 0.3 is 0 Å². The molecule has 130 valence electrons. The molecule has 5 heteroatoms. The number of nitrogens with zero attached hydrogens (tertiary/aromatic N) is 2. The molecule has 0 unspecified atom stereocenters. The number of anilines is 1. The van der Waals surface area contributed by atoms with E-state index in [2.05, 4.69) is 56.3 Å². The number of carbonyl (C=O) groups excluding carboxylic acids is 1. The number of aromatic nitrogens is 2. The van der Waals surface area contributed by atoms with Crippen molar-refractivity contribution >= 4 is 23.2 Å². The molecule has 0 bridgehead atoms. The van der Waals surface area contributed by atoms with E-state index in [-0.39, 0.29) is 12.5 Å². The van der Waals surface area contributed by atoms with Gasteiger partial charge < -0.3 is 5.32 Å². The lowest BCUT2D eigenvalue weighted by molar-refractivity contribution is -0.116. The zero-order valence-electron chi connectivity index (χ0n) is 15.3. The predicted molar refractivity (Wildman–Crippen MR) is 100.0 cm³/mol. The van der Waals surface area contributed by atoms with Crippen LogP contribution >= 0.6 is 11.6 Å². The maximum absolute atomic E-state index is 12.6. The van der Waals surface area contributed by atoms with Gasteiger partial charge in [-0.1, -0.05) is 57.5 Å². The number of benzene rings is 1. The molecule has 1 heterocycles. The van der Waals surface area contributed by atoms with Gasteiger partial charge in [-0.2, -0.15) is 5.10 Å². The summed E-state index contributed by atoms with van der Waals surface area (Å²) in [5.41, 5.74) is 4.79. The summed E-state index contributed by atoms with van der Waals surface area (Å²) in [5, 5.41) is 8.05. The summed E-state index contributed by atoms with van der Waals surface area (Å²) in [7, 11) is 0. The van der Waals surface area contributed by atoms with E-state index in [4.69, 9.17) is 11.6 Å². The number of amides is 1. The molecule has 1 aromatic heterocycles. The molecule has 4 nitrogen and oxygen atoms in total. The van der Waals surface area contributed by atoms with Gasteiger partial charge in [0.15, 0.2) is 0 Å². The normalized spacial score (nSPS) is 11.4. The van der Waals surface area contributed by atoms with Gasteiger partial charge in [0.2, 0.25) is 5.91 Å². The van der Waals surface area contributed by atoms with Gasteiger partial charge in [0.25, 0.3) is 0 Å². The summed E-state index contributed by atoms with van der Waals surface area (Å²) >= 11 is 6.16. The Morgan fingerprint density at radius 1 is 1.17 bits per heavy atom. The second-order valence-electron chi connectivity index (χ2n) is 6.81. The van der Waals surface area contributed by atoms with Crippen LogP contribution in [0.2, 0.25) is 5.02 Å². The second-order valence-corrected chi connectivity index (χ2v) is 7.19. The van der Waals surface area contributed by atoms with Crippen molar-refractivity contribution in [3.05, 3.63) is 45.7 Å². The zero-order chi connectivity index (χ0) is 18.0. The SMILES string of the molecule is Cc1nn(CC(=O)Nc2c(C(C)C)cccc2C(C)C)c(C)c1Cl. The predicted octanol–water partition coefficient (Wildman–Crippen LogP) is 5.04. The lowest BCUT2D eigenvalue weighted by atomic mass is 9.92. The molecular formula is C19H26ClN3O. The van der Waals surface area contributed by atoms with Gasteiger partial charge in [-0.15, -0.1) is 0 Å². The Balaban J connectivity index is 2.29. The topological polar surface area (TPSA) is 46.9 Å². The van der Waals surface area contributed by atoms with Crippen LogP contribution in [0.5, 0.6) is 0 Å². The van der Waals surface area contributed by atoms with Crippen LogP contribution in [0.25, 0.3) is 0 Å². The fourth-order valence-electron chi connectivity index (χ4n) is 2.84. The van der Waals surface area contributed by atoms with Crippen molar-refractivity contribution in [2.24, 2.45) is 0 Å². The highest BCUT2D eigenvalue weighted by molar-refractivity contribution is 6.31. The van der Waals surface area contributed by atoms with Crippen LogP contribution in [-0.4, -0.2) is 15.7 Å². The number of aryl methyl sites for hydroxylation is 1. The van der Waals surface area contributed by atoms with Crippen LogP contribution in [0, 0.1) is 13.8 Å². The molecule has 0 fully saturated rings. The van der Waals surface area contributed by atoms with Crippen molar-refractivity contribution in [1.29, 1.82) is 0 Å². The number of nitrogens with one attached hydrogen (secondary N) is 1. The van der Waals surface area contributed by atoms with E-state index in [0.717, 1.165) is 28.2 Å². The third-order valence-electron chi connectivity index (χ3n) is 4.22. The minimum atomic E-state index is -0.0905. The first-order chi connectivity index (χ1) is 11.2.